The van der Waals surface area contributed by atoms with Crippen LogP contribution in [-0.2, 0) is 24.3 Å². The van der Waals surface area contributed by atoms with E-state index in [9.17, 15) is 14.0 Å². The molecule has 0 fully saturated rings. The average Bonchev–Trinajstić information content (AvgIpc) is 3.65. The molecule has 0 saturated carbocycles. The van der Waals surface area contributed by atoms with Gasteiger partial charge in [-0.1, -0.05) is 12.1 Å². The number of anilines is 1. The minimum absolute atomic E-state index is 0.234. The summed E-state index contributed by atoms with van der Waals surface area (Å²) in [6.45, 7) is 0.599. The number of fused-ring (bicyclic) bond motifs is 2. The molecule has 5 aromatic rings. The van der Waals surface area contributed by atoms with Gasteiger partial charge in [0.05, 0.1) is 18.9 Å². The number of H-pyrrole nitrogens is 1. The first-order chi connectivity index (χ1) is 18.1. The lowest BCUT2D eigenvalue weighted by atomic mass is 10.2. The topological polar surface area (TPSA) is 123 Å². The molecule has 0 spiro atoms. The quantitative estimate of drug-likeness (QED) is 0.317. The minimum atomic E-state index is -0.633. The first-order valence-electron chi connectivity index (χ1n) is 11.9. The molecule has 186 valence electrons. The number of benzene rings is 1. The molecule has 0 saturated heterocycles. The maximum absolute atomic E-state index is 14.1. The number of aryl methyl sites for hydroxylation is 1. The largest absolute Gasteiger partial charge is 0.375 e. The summed E-state index contributed by atoms with van der Waals surface area (Å²) < 4.78 is 17.0. The van der Waals surface area contributed by atoms with E-state index >= 15 is 0 Å². The van der Waals surface area contributed by atoms with Crippen LogP contribution in [0.5, 0.6) is 0 Å². The van der Waals surface area contributed by atoms with Gasteiger partial charge in [-0.15, -0.1) is 0 Å². The summed E-state index contributed by atoms with van der Waals surface area (Å²) >= 11 is 0. The molecule has 1 aliphatic rings. The third-order valence-electron chi connectivity index (χ3n) is 6.47. The van der Waals surface area contributed by atoms with Gasteiger partial charge in [0.1, 0.15) is 29.1 Å². The molecule has 1 aliphatic heterocycles. The van der Waals surface area contributed by atoms with Crippen LogP contribution in [0.25, 0.3) is 16.6 Å². The zero-order chi connectivity index (χ0) is 25.4. The molecule has 10 nitrogen and oxygen atoms in total. The first-order valence-corrected chi connectivity index (χ1v) is 11.9. The fraction of sp³-hybridized carbons (Fsp3) is 0.192. The van der Waals surface area contributed by atoms with Crippen molar-refractivity contribution in [3.8, 4) is 5.69 Å². The number of para-hydroxylation sites is 1. The second kappa shape index (κ2) is 9.34. The monoisotopic (exact) mass is 498 g/mol. The third kappa shape index (κ3) is 4.35. The third-order valence-corrected chi connectivity index (χ3v) is 6.47. The van der Waals surface area contributed by atoms with Crippen LogP contribution in [0.1, 0.15) is 29.5 Å². The Morgan fingerprint density at radius 2 is 2.05 bits per heavy atom. The molecule has 37 heavy (non-hydrogen) atoms. The molecule has 1 aromatic carbocycles. The number of aromatic amines is 1. The van der Waals surface area contributed by atoms with Crippen molar-refractivity contribution in [3.63, 3.8) is 0 Å². The highest BCUT2D eigenvalue weighted by Gasteiger charge is 2.31. The molecule has 0 unspecified atom stereocenters. The van der Waals surface area contributed by atoms with Crippen molar-refractivity contribution in [2.45, 2.75) is 32.0 Å². The summed E-state index contributed by atoms with van der Waals surface area (Å²) in [6, 6.07) is 9.54. The van der Waals surface area contributed by atoms with Crippen LogP contribution in [-0.4, -0.2) is 35.2 Å². The standard InChI is InChI=1S/C26H23FN8O2/c27-19-3-1-2-4-22(19)34-15-16(11-32-34)10-29-21-14-30-24-6-5-23(35(24)26(21)37)25(36)31-13-18-9-17-12-28-8-7-20(17)33-18/h1-4,7-9,11-12,14-15,23,29,33H,5-6,10,13H2,(H,31,36)/t23-/m0/s1. The molecule has 0 bridgehead atoms. The summed E-state index contributed by atoms with van der Waals surface area (Å²) in [4.78, 5) is 38.0. The normalized spacial score (nSPS) is 14.6. The number of pyridine rings is 1. The van der Waals surface area contributed by atoms with Crippen molar-refractivity contribution in [3.05, 3.63) is 101 Å². The van der Waals surface area contributed by atoms with Crippen LogP contribution in [0.4, 0.5) is 10.1 Å². The van der Waals surface area contributed by atoms with Crippen molar-refractivity contribution in [1.29, 1.82) is 0 Å². The zero-order valence-electron chi connectivity index (χ0n) is 19.7. The molecular weight excluding hydrogens is 475 g/mol. The number of halogens is 1. The van der Waals surface area contributed by atoms with E-state index in [1.54, 1.807) is 43.0 Å². The highest BCUT2D eigenvalue weighted by atomic mass is 19.1. The van der Waals surface area contributed by atoms with Crippen molar-refractivity contribution in [1.82, 2.24) is 34.6 Å². The summed E-state index contributed by atoms with van der Waals surface area (Å²) in [5, 5.41) is 11.2. The molecule has 1 amide bonds. The van der Waals surface area contributed by atoms with Gasteiger partial charge < -0.3 is 15.6 Å². The second-order valence-corrected chi connectivity index (χ2v) is 8.89. The van der Waals surface area contributed by atoms with Gasteiger partial charge in [-0.25, -0.2) is 14.1 Å². The number of hydrogen-bond acceptors (Lipinski definition) is 6. The van der Waals surface area contributed by atoms with Gasteiger partial charge >= 0.3 is 0 Å². The Balaban J connectivity index is 1.14. The number of nitrogens with zero attached hydrogens (tertiary/aromatic N) is 5. The number of nitrogens with one attached hydrogen (secondary N) is 3. The molecule has 0 radical (unpaired) electrons. The van der Waals surface area contributed by atoms with Gasteiger partial charge in [0.2, 0.25) is 5.91 Å². The Morgan fingerprint density at radius 3 is 2.92 bits per heavy atom. The van der Waals surface area contributed by atoms with Crippen molar-refractivity contribution in [2.24, 2.45) is 0 Å². The lowest BCUT2D eigenvalue weighted by Gasteiger charge is -2.15. The van der Waals surface area contributed by atoms with E-state index in [1.165, 1.54) is 21.5 Å². The fourth-order valence-corrected chi connectivity index (χ4v) is 4.62. The fourth-order valence-electron chi connectivity index (χ4n) is 4.62. The molecule has 3 N–H and O–H groups in total. The summed E-state index contributed by atoms with van der Waals surface area (Å²) in [6.07, 6.45) is 9.30. The minimum Gasteiger partial charge on any atom is -0.375 e. The predicted molar refractivity (Wildman–Crippen MR) is 135 cm³/mol. The average molecular weight is 499 g/mol. The van der Waals surface area contributed by atoms with Crippen molar-refractivity contribution < 1.29 is 9.18 Å². The summed E-state index contributed by atoms with van der Waals surface area (Å²) in [5.41, 5.74) is 2.88. The van der Waals surface area contributed by atoms with E-state index in [1.807, 2.05) is 12.1 Å². The van der Waals surface area contributed by atoms with Crippen LogP contribution in [0, 0.1) is 5.82 Å². The number of hydrogen-bond donors (Lipinski definition) is 3. The van der Waals surface area contributed by atoms with E-state index in [4.69, 9.17) is 0 Å². The van der Waals surface area contributed by atoms with E-state index < -0.39 is 6.04 Å². The maximum atomic E-state index is 14.1. The number of carbonyl (C=O) groups excluding carboxylic acids is 1. The van der Waals surface area contributed by atoms with E-state index in [2.05, 4.69) is 30.7 Å². The van der Waals surface area contributed by atoms with E-state index in [0.717, 1.165) is 22.2 Å². The smallest absolute Gasteiger partial charge is 0.277 e. The number of aromatic nitrogens is 6. The molecule has 0 aliphatic carbocycles. The van der Waals surface area contributed by atoms with Crippen LogP contribution < -0.4 is 16.2 Å². The molecule has 5 heterocycles. The van der Waals surface area contributed by atoms with Gasteiger partial charge in [-0.2, -0.15) is 5.10 Å². The Labute approximate surface area is 210 Å². The Morgan fingerprint density at radius 1 is 1.16 bits per heavy atom. The van der Waals surface area contributed by atoms with Crippen LogP contribution in [0.15, 0.2) is 72.2 Å². The molecule has 6 rings (SSSR count). The van der Waals surface area contributed by atoms with Gasteiger partial charge in [0, 0.05) is 53.7 Å². The number of carbonyl (C=O) groups is 1. The Bertz CT molecular complexity index is 1640. The molecule has 4 aromatic heterocycles. The van der Waals surface area contributed by atoms with Crippen molar-refractivity contribution >= 4 is 22.5 Å². The van der Waals surface area contributed by atoms with Gasteiger partial charge in [0.25, 0.3) is 5.56 Å². The first kappa shape index (κ1) is 22.7. The second-order valence-electron chi connectivity index (χ2n) is 8.89. The summed E-state index contributed by atoms with van der Waals surface area (Å²) in [7, 11) is 0. The highest BCUT2D eigenvalue weighted by Crippen LogP contribution is 2.24. The van der Waals surface area contributed by atoms with Gasteiger partial charge in [-0.05, 0) is 30.7 Å². The summed E-state index contributed by atoms with van der Waals surface area (Å²) in [5.74, 6) is -0.0282. The number of rotatable bonds is 7. The lowest BCUT2D eigenvalue weighted by Crippen LogP contribution is -2.36. The van der Waals surface area contributed by atoms with Gasteiger partial charge in [0.15, 0.2) is 0 Å². The zero-order valence-corrected chi connectivity index (χ0v) is 19.7. The van der Waals surface area contributed by atoms with Gasteiger partial charge in [-0.3, -0.25) is 19.1 Å². The molecular formula is C26H23FN8O2. The van der Waals surface area contributed by atoms with Crippen LogP contribution in [0.3, 0.4) is 0 Å². The number of amides is 1. The van der Waals surface area contributed by atoms with Crippen LogP contribution in [0.2, 0.25) is 0 Å². The van der Waals surface area contributed by atoms with E-state index in [0.29, 0.717) is 30.9 Å². The highest BCUT2D eigenvalue weighted by molar-refractivity contribution is 5.82. The molecule has 1 atom stereocenters. The van der Waals surface area contributed by atoms with E-state index in [-0.39, 0.29) is 29.5 Å². The maximum Gasteiger partial charge on any atom is 0.277 e. The lowest BCUT2D eigenvalue weighted by molar-refractivity contribution is -0.124. The van der Waals surface area contributed by atoms with Crippen LogP contribution >= 0.6 is 0 Å². The SMILES string of the molecule is O=C(NCc1cc2cnccc2[nH]1)[C@@H]1CCc2ncc(NCc3cnn(-c4ccccc4F)c3)c(=O)n21. The predicted octanol–water partition coefficient (Wildman–Crippen LogP) is 2.86. The Kier molecular flexibility index (Phi) is 5.72. The Hall–Kier alpha value is -4.80. The molecule has 11 heteroatoms. The van der Waals surface area contributed by atoms with Crippen molar-refractivity contribution in [2.75, 3.05) is 5.32 Å².